The van der Waals surface area contributed by atoms with E-state index in [2.05, 4.69) is 21.0 Å². The lowest BCUT2D eigenvalue weighted by Crippen LogP contribution is -2.37. The van der Waals surface area contributed by atoms with Crippen LogP contribution in [0.2, 0.25) is 0 Å². The SMILES string of the molecule is CCNC(=NCc1ccsc1)NCc1ccccc1S(=O)(=O)N(C)C. The summed E-state index contributed by atoms with van der Waals surface area (Å²) < 4.78 is 26.1. The molecule has 0 saturated carbocycles. The third-order valence-corrected chi connectivity index (χ3v) is 6.17. The minimum atomic E-state index is -3.48. The molecule has 0 spiro atoms. The van der Waals surface area contributed by atoms with E-state index in [1.165, 1.54) is 18.4 Å². The number of thiophene rings is 1. The van der Waals surface area contributed by atoms with Crippen LogP contribution in [-0.2, 0) is 23.1 Å². The lowest BCUT2D eigenvalue weighted by molar-refractivity contribution is 0.519. The van der Waals surface area contributed by atoms with Crippen molar-refractivity contribution in [1.82, 2.24) is 14.9 Å². The fourth-order valence-corrected chi connectivity index (χ4v) is 3.95. The van der Waals surface area contributed by atoms with Crippen molar-refractivity contribution in [1.29, 1.82) is 0 Å². The molecule has 136 valence electrons. The van der Waals surface area contributed by atoms with E-state index >= 15 is 0 Å². The van der Waals surface area contributed by atoms with Gasteiger partial charge in [-0.25, -0.2) is 17.7 Å². The molecule has 8 heteroatoms. The Bertz CT molecular complexity index is 800. The van der Waals surface area contributed by atoms with Crippen LogP contribution in [0, 0.1) is 0 Å². The molecule has 6 nitrogen and oxygen atoms in total. The van der Waals surface area contributed by atoms with Gasteiger partial charge in [-0.1, -0.05) is 18.2 Å². The number of nitrogens with zero attached hydrogens (tertiary/aromatic N) is 2. The lowest BCUT2D eigenvalue weighted by atomic mass is 10.2. The van der Waals surface area contributed by atoms with E-state index in [9.17, 15) is 8.42 Å². The van der Waals surface area contributed by atoms with Gasteiger partial charge in [0.15, 0.2) is 5.96 Å². The van der Waals surface area contributed by atoms with Crippen LogP contribution in [-0.4, -0.2) is 39.3 Å². The first-order chi connectivity index (χ1) is 11.9. The topological polar surface area (TPSA) is 73.8 Å². The smallest absolute Gasteiger partial charge is 0.242 e. The van der Waals surface area contributed by atoms with Crippen molar-refractivity contribution < 1.29 is 8.42 Å². The second-order valence-electron chi connectivity index (χ2n) is 5.58. The third-order valence-electron chi connectivity index (χ3n) is 3.52. The molecular formula is C17H24N4O2S2. The number of sulfonamides is 1. The predicted molar refractivity (Wildman–Crippen MR) is 103 cm³/mol. The van der Waals surface area contributed by atoms with Gasteiger partial charge in [0.2, 0.25) is 10.0 Å². The summed E-state index contributed by atoms with van der Waals surface area (Å²) in [5.74, 6) is 0.658. The van der Waals surface area contributed by atoms with E-state index in [1.807, 2.05) is 30.5 Å². The zero-order chi connectivity index (χ0) is 18.3. The molecule has 1 heterocycles. The number of rotatable bonds is 7. The lowest BCUT2D eigenvalue weighted by Gasteiger charge is -2.16. The number of guanidine groups is 1. The monoisotopic (exact) mass is 380 g/mol. The minimum Gasteiger partial charge on any atom is -0.357 e. The normalized spacial score (nSPS) is 12.4. The van der Waals surface area contributed by atoms with Gasteiger partial charge >= 0.3 is 0 Å². The summed E-state index contributed by atoms with van der Waals surface area (Å²) in [4.78, 5) is 4.85. The molecule has 0 radical (unpaired) electrons. The molecule has 0 saturated heterocycles. The average Bonchev–Trinajstić information content (AvgIpc) is 3.11. The van der Waals surface area contributed by atoms with Crippen LogP contribution in [0.4, 0.5) is 0 Å². The van der Waals surface area contributed by atoms with E-state index in [0.29, 0.717) is 29.5 Å². The van der Waals surface area contributed by atoms with Gasteiger partial charge in [-0.3, -0.25) is 0 Å². The maximum Gasteiger partial charge on any atom is 0.242 e. The fourth-order valence-electron chi connectivity index (χ4n) is 2.17. The van der Waals surface area contributed by atoms with Gasteiger partial charge in [-0.15, -0.1) is 0 Å². The summed E-state index contributed by atoms with van der Waals surface area (Å²) in [6.45, 7) is 3.68. The van der Waals surface area contributed by atoms with Crippen LogP contribution in [0.3, 0.4) is 0 Å². The van der Waals surface area contributed by atoms with E-state index < -0.39 is 10.0 Å². The van der Waals surface area contributed by atoms with Crippen LogP contribution in [0.5, 0.6) is 0 Å². The number of benzene rings is 1. The van der Waals surface area contributed by atoms with Gasteiger partial charge in [-0.2, -0.15) is 11.3 Å². The van der Waals surface area contributed by atoms with E-state index in [4.69, 9.17) is 0 Å². The van der Waals surface area contributed by atoms with E-state index in [0.717, 1.165) is 12.1 Å². The quantitative estimate of drug-likeness (QED) is 0.571. The standard InChI is InChI=1S/C17H24N4O2S2/c1-4-18-17(19-11-14-9-10-24-13-14)20-12-15-7-5-6-8-16(15)25(22,23)21(2)3/h5-10,13H,4,11-12H2,1-3H3,(H2,18,19,20). The molecule has 2 aromatic rings. The first-order valence-electron chi connectivity index (χ1n) is 7.99. The van der Waals surface area contributed by atoms with Crippen molar-refractivity contribution >= 4 is 27.3 Å². The van der Waals surface area contributed by atoms with Crippen molar-refractivity contribution in [3.8, 4) is 0 Å². The highest BCUT2D eigenvalue weighted by Gasteiger charge is 2.20. The molecule has 0 amide bonds. The molecule has 0 unspecified atom stereocenters. The molecule has 1 aromatic carbocycles. The summed E-state index contributed by atoms with van der Waals surface area (Å²) in [5, 5.41) is 10.5. The summed E-state index contributed by atoms with van der Waals surface area (Å²) >= 11 is 1.64. The molecule has 0 fully saturated rings. The first kappa shape index (κ1) is 19.4. The average molecular weight is 381 g/mol. The fraction of sp³-hybridized carbons (Fsp3) is 0.353. The summed E-state index contributed by atoms with van der Waals surface area (Å²) in [6.07, 6.45) is 0. The largest absolute Gasteiger partial charge is 0.357 e. The molecule has 0 atom stereocenters. The van der Waals surface area contributed by atoms with Crippen LogP contribution < -0.4 is 10.6 Å². The van der Waals surface area contributed by atoms with Gasteiger partial charge in [0.1, 0.15) is 0 Å². The highest BCUT2D eigenvalue weighted by molar-refractivity contribution is 7.89. The number of hydrogen-bond donors (Lipinski definition) is 2. The number of hydrogen-bond acceptors (Lipinski definition) is 4. The van der Waals surface area contributed by atoms with Gasteiger partial charge in [0.05, 0.1) is 11.4 Å². The van der Waals surface area contributed by atoms with Gasteiger partial charge in [0, 0.05) is 27.2 Å². The number of aliphatic imine (C=N–C) groups is 1. The maximum atomic E-state index is 12.5. The zero-order valence-electron chi connectivity index (χ0n) is 14.7. The van der Waals surface area contributed by atoms with Crippen LogP contribution in [0.15, 0.2) is 51.0 Å². The number of nitrogens with one attached hydrogen (secondary N) is 2. The molecule has 0 aliphatic carbocycles. The maximum absolute atomic E-state index is 12.5. The minimum absolute atomic E-state index is 0.307. The Kier molecular flexibility index (Phi) is 6.98. The van der Waals surface area contributed by atoms with Crippen molar-refractivity contribution in [2.45, 2.75) is 24.9 Å². The van der Waals surface area contributed by atoms with Crippen LogP contribution >= 0.6 is 11.3 Å². The Labute approximate surface area is 153 Å². The molecule has 2 N–H and O–H groups in total. The second-order valence-corrected chi connectivity index (χ2v) is 8.48. The summed E-state index contributed by atoms with van der Waals surface area (Å²) in [7, 11) is -0.414. The van der Waals surface area contributed by atoms with Gasteiger partial charge in [0.25, 0.3) is 0 Å². The molecule has 0 aliphatic heterocycles. The Morgan fingerprint density at radius 3 is 2.60 bits per heavy atom. The molecule has 1 aromatic heterocycles. The van der Waals surface area contributed by atoms with E-state index in [-0.39, 0.29) is 0 Å². The first-order valence-corrected chi connectivity index (χ1v) is 10.4. The summed E-state index contributed by atoms with van der Waals surface area (Å²) in [5.41, 5.74) is 1.86. The predicted octanol–water partition coefficient (Wildman–Crippen LogP) is 2.25. The molecule has 0 aliphatic rings. The third kappa shape index (κ3) is 5.29. The van der Waals surface area contributed by atoms with Crippen molar-refractivity contribution in [2.75, 3.05) is 20.6 Å². The van der Waals surface area contributed by atoms with Crippen molar-refractivity contribution in [3.05, 3.63) is 52.2 Å². The Hall–Kier alpha value is -1.90. The Balaban J connectivity index is 2.14. The Morgan fingerprint density at radius 1 is 1.20 bits per heavy atom. The summed E-state index contributed by atoms with van der Waals surface area (Å²) in [6, 6.07) is 9.04. The van der Waals surface area contributed by atoms with Crippen molar-refractivity contribution in [3.63, 3.8) is 0 Å². The molecule has 0 bridgehead atoms. The molecule has 2 rings (SSSR count). The van der Waals surface area contributed by atoms with Gasteiger partial charge < -0.3 is 10.6 Å². The molecular weight excluding hydrogens is 356 g/mol. The molecule has 25 heavy (non-hydrogen) atoms. The zero-order valence-corrected chi connectivity index (χ0v) is 16.3. The van der Waals surface area contributed by atoms with Crippen molar-refractivity contribution in [2.24, 2.45) is 4.99 Å². The van der Waals surface area contributed by atoms with Crippen LogP contribution in [0.25, 0.3) is 0 Å². The highest BCUT2D eigenvalue weighted by atomic mass is 32.2. The second kappa shape index (κ2) is 8.98. The van der Waals surface area contributed by atoms with E-state index in [1.54, 1.807) is 23.5 Å². The van der Waals surface area contributed by atoms with Gasteiger partial charge in [-0.05, 0) is 40.9 Å². The highest BCUT2D eigenvalue weighted by Crippen LogP contribution is 2.18. The Morgan fingerprint density at radius 2 is 1.96 bits per heavy atom. The van der Waals surface area contributed by atoms with Crippen LogP contribution in [0.1, 0.15) is 18.1 Å².